The van der Waals surface area contributed by atoms with Gasteiger partial charge in [-0.3, -0.25) is 9.78 Å². The van der Waals surface area contributed by atoms with Crippen molar-refractivity contribution in [3.63, 3.8) is 0 Å². The standard InChI is InChI=1S/C27H32N2O2/c1-26(2)16-20(17-27(3,4)29-26)15-23(30)21-12-10-19(11-13-21)18-31-24-9-5-7-22-8-6-14-28-25(22)24/h5-14,20,29H,15-18H2,1-4H3. The summed E-state index contributed by atoms with van der Waals surface area (Å²) in [6.45, 7) is 9.36. The van der Waals surface area contributed by atoms with Crippen LogP contribution in [-0.2, 0) is 6.61 Å². The SMILES string of the molecule is CC1(C)CC(CC(=O)c2ccc(COc3cccc4cccnc34)cc2)CC(C)(C)N1. The first kappa shape index (κ1) is 21.5. The molecule has 162 valence electrons. The second-order valence-electron chi connectivity index (χ2n) is 10.1. The van der Waals surface area contributed by atoms with Gasteiger partial charge in [0.05, 0.1) is 0 Å². The number of Topliss-reactive ketones (excluding diaryl/α,β-unsaturated/α-hetero) is 1. The van der Waals surface area contributed by atoms with Gasteiger partial charge in [-0.15, -0.1) is 0 Å². The highest BCUT2D eigenvalue weighted by atomic mass is 16.5. The fourth-order valence-electron chi connectivity index (χ4n) is 5.20. The van der Waals surface area contributed by atoms with Gasteiger partial charge >= 0.3 is 0 Å². The minimum atomic E-state index is 0.0599. The molecule has 0 bridgehead atoms. The van der Waals surface area contributed by atoms with E-state index in [1.165, 1.54) is 0 Å². The molecule has 3 aromatic rings. The highest BCUT2D eigenvalue weighted by molar-refractivity contribution is 5.96. The van der Waals surface area contributed by atoms with Crippen LogP contribution in [0, 0.1) is 5.92 Å². The molecule has 4 rings (SSSR count). The molecule has 4 nitrogen and oxygen atoms in total. The molecule has 0 amide bonds. The number of benzene rings is 2. The molecule has 0 atom stereocenters. The number of pyridine rings is 1. The van der Waals surface area contributed by atoms with E-state index in [-0.39, 0.29) is 16.9 Å². The van der Waals surface area contributed by atoms with E-state index in [1.807, 2.05) is 54.6 Å². The van der Waals surface area contributed by atoms with Gasteiger partial charge in [-0.25, -0.2) is 0 Å². The van der Waals surface area contributed by atoms with Gasteiger partial charge in [-0.1, -0.05) is 42.5 Å². The van der Waals surface area contributed by atoms with Crippen LogP contribution in [0.1, 0.15) is 62.9 Å². The molecule has 1 aliphatic heterocycles. The summed E-state index contributed by atoms with van der Waals surface area (Å²) in [7, 11) is 0. The molecule has 2 aromatic carbocycles. The van der Waals surface area contributed by atoms with Crippen molar-refractivity contribution in [3.8, 4) is 5.75 Å². The van der Waals surface area contributed by atoms with Crippen molar-refractivity contribution in [1.29, 1.82) is 0 Å². The van der Waals surface area contributed by atoms with Crippen molar-refractivity contribution in [2.24, 2.45) is 5.92 Å². The van der Waals surface area contributed by atoms with Crippen LogP contribution in [0.4, 0.5) is 0 Å². The monoisotopic (exact) mass is 416 g/mol. The number of ether oxygens (including phenoxy) is 1. The van der Waals surface area contributed by atoms with Gasteiger partial charge in [-0.05, 0) is 64.2 Å². The Hall–Kier alpha value is -2.72. The Morgan fingerprint density at radius 2 is 1.68 bits per heavy atom. The third-order valence-corrected chi connectivity index (χ3v) is 6.01. The predicted molar refractivity (Wildman–Crippen MR) is 125 cm³/mol. The lowest BCUT2D eigenvalue weighted by molar-refractivity contribution is 0.0864. The summed E-state index contributed by atoms with van der Waals surface area (Å²) in [5.41, 5.74) is 2.80. The third-order valence-electron chi connectivity index (χ3n) is 6.01. The summed E-state index contributed by atoms with van der Waals surface area (Å²) in [5, 5.41) is 4.75. The predicted octanol–water partition coefficient (Wildman–Crippen LogP) is 5.94. The van der Waals surface area contributed by atoms with Crippen molar-refractivity contribution < 1.29 is 9.53 Å². The van der Waals surface area contributed by atoms with E-state index in [9.17, 15) is 4.79 Å². The average molecular weight is 417 g/mol. The van der Waals surface area contributed by atoms with E-state index < -0.39 is 0 Å². The number of ketones is 1. The first-order chi connectivity index (χ1) is 14.7. The molecular weight excluding hydrogens is 384 g/mol. The summed E-state index contributed by atoms with van der Waals surface area (Å²) >= 11 is 0. The molecule has 2 heterocycles. The number of piperidine rings is 1. The maximum atomic E-state index is 12.9. The zero-order chi connectivity index (χ0) is 22.1. The number of nitrogens with one attached hydrogen (secondary N) is 1. The first-order valence-corrected chi connectivity index (χ1v) is 11.1. The zero-order valence-electron chi connectivity index (χ0n) is 18.9. The molecule has 1 aliphatic rings. The Labute approximate surface area is 185 Å². The van der Waals surface area contributed by atoms with Gasteiger partial charge in [0.25, 0.3) is 0 Å². The quantitative estimate of drug-likeness (QED) is 0.505. The Balaban J connectivity index is 1.38. The molecular formula is C27H32N2O2. The largest absolute Gasteiger partial charge is 0.487 e. The van der Waals surface area contributed by atoms with E-state index in [0.29, 0.717) is 18.9 Å². The Morgan fingerprint density at radius 3 is 2.39 bits per heavy atom. The molecule has 31 heavy (non-hydrogen) atoms. The zero-order valence-corrected chi connectivity index (χ0v) is 18.9. The smallest absolute Gasteiger partial charge is 0.163 e. The lowest BCUT2D eigenvalue weighted by Gasteiger charge is -2.46. The van der Waals surface area contributed by atoms with E-state index in [0.717, 1.165) is 40.6 Å². The van der Waals surface area contributed by atoms with Crippen LogP contribution in [-0.4, -0.2) is 21.8 Å². The minimum Gasteiger partial charge on any atom is -0.487 e. The third kappa shape index (κ3) is 5.31. The first-order valence-electron chi connectivity index (χ1n) is 11.1. The van der Waals surface area contributed by atoms with Crippen LogP contribution in [0.2, 0.25) is 0 Å². The molecule has 1 saturated heterocycles. The highest BCUT2D eigenvalue weighted by Crippen LogP contribution is 2.35. The fourth-order valence-corrected chi connectivity index (χ4v) is 5.20. The van der Waals surface area contributed by atoms with Crippen LogP contribution in [0.25, 0.3) is 10.9 Å². The summed E-state index contributed by atoms with van der Waals surface area (Å²) in [6.07, 6.45) is 4.42. The number of hydrogen-bond acceptors (Lipinski definition) is 4. The van der Waals surface area contributed by atoms with E-state index in [4.69, 9.17) is 4.74 Å². The Kier molecular flexibility index (Phi) is 5.85. The van der Waals surface area contributed by atoms with Crippen molar-refractivity contribution in [2.45, 2.75) is 64.6 Å². The number of aromatic nitrogens is 1. The van der Waals surface area contributed by atoms with Crippen molar-refractivity contribution >= 4 is 16.7 Å². The van der Waals surface area contributed by atoms with E-state index in [1.54, 1.807) is 6.20 Å². The number of nitrogens with zero attached hydrogens (tertiary/aromatic N) is 1. The number of carbonyl (C=O) groups is 1. The second-order valence-corrected chi connectivity index (χ2v) is 10.1. The van der Waals surface area contributed by atoms with Crippen LogP contribution in [0.3, 0.4) is 0 Å². The lowest BCUT2D eigenvalue weighted by Crippen LogP contribution is -2.57. The topological polar surface area (TPSA) is 51.2 Å². The average Bonchev–Trinajstić information content (AvgIpc) is 2.70. The maximum Gasteiger partial charge on any atom is 0.163 e. The van der Waals surface area contributed by atoms with Crippen LogP contribution >= 0.6 is 0 Å². The lowest BCUT2D eigenvalue weighted by atomic mass is 9.74. The molecule has 4 heteroatoms. The number of rotatable bonds is 6. The van der Waals surface area contributed by atoms with E-state index >= 15 is 0 Å². The van der Waals surface area contributed by atoms with Gasteiger partial charge < -0.3 is 10.1 Å². The molecule has 1 N–H and O–H groups in total. The van der Waals surface area contributed by atoms with Gasteiger partial charge in [0.1, 0.15) is 17.9 Å². The summed E-state index contributed by atoms with van der Waals surface area (Å²) < 4.78 is 6.02. The Morgan fingerprint density at radius 1 is 1.00 bits per heavy atom. The molecule has 0 spiro atoms. The molecule has 0 saturated carbocycles. The summed E-state index contributed by atoms with van der Waals surface area (Å²) in [4.78, 5) is 17.3. The second kappa shape index (κ2) is 8.43. The minimum absolute atomic E-state index is 0.0599. The molecule has 0 aliphatic carbocycles. The highest BCUT2D eigenvalue weighted by Gasteiger charge is 2.38. The molecule has 0 radical (unpaired) electrons. The van der Waals surface area contributed by atoms with Gasteiger partial charge in [-0.2, -0.15) is 0 Å². The number of fused-ring (bicyclic) bond motifs is 1. The van der Waals surface area contributed by atoms with Crippen molar-refractivity contribution in [3.05, 3.63) is 71.9 Å². The summed E-state index contributed by atoms with van der Waals surface area (Å²) in [6, 6.07) is 17.7. The normalized spacial score (nSPS) is 18.1. The number of para-hydroxylation sites is 1. The summed E-state index contributed by atoms with van der Waals surface area (Å²) in [5.74, 6) is 1.40. The number of hydrogen-bond donors (Lipinski definition) is 1. The van der Waals surface area contributed by atoms with Gasteiger partial charge in [0.15, 0.2) is 5.78 Å². The Bertz CT molecular complexity index is 1050. The number of carbonyl (C=O) groups excluding carboxylic acids is 1. The molecule has 1 aromatic heterocycles. The van der Waals surface area contributed by atoms with Crippen molar-refractivity contribution in [1.82, 2.24) is 10.3 Å². The van der Waals surface area contributed by atoms with Crippen LogP contribution < -0.4 is 10.1 Å². The van der Waals surface area contributed by atoms with Gasteiger partial charge in [0.2, 0.25) is 0 Å². The van der Waals surface area contributed by atoms with Crippen LogP contribution in [0.15, 0.2) is 60.8 Å². The van der Waals surface area contributed by atoms with Gasteiger partial charge in [0, 0.05) is 34.6 Å². The maximum absolute atomic E-state index is 12.9. The fraction of sp³-hybridized carbons (Fsp3) is 0.407. The molecule has 1 fully saturated rings. The molecule has 0 unspecified atom stereocenters. The van der Waals surface area contributed by atoms with E-state index in [2.05, 4.69) is 38.0 Å². The van der Waals surface area contributed by atoms with Crippen LogP contribution in [0.5, 0.6) is 5.75 Å². The van der Waals surface area contributed by atoms with Crippen molar-refractivity contribution in [2.75, 3.05) is 0 Å².